The summed E-state index contributed by atoms with van der Waals surface area (Å²) < 4.78 is 5.80. The van der Waals surface area contributed by atoms with Crippen LogP contribution in [0.5, 0.6) is 0 Å². The topological polar surface area (TPSA) is 55.6 Å². The fourth-order valence-electron chi connectivity index (χ4n) is 3.50. The molecular weight excluding hydrogens is 288 g/mol. The third kappa shape index (κ3) is 5.11. The standard InChI is InChI=1S/C16H30N2O2.ClH/c1-12(2)10-13-6-4-3-5-9-18(13)16(19)15-8-7-14(11-17)20-15;/h12-15H,3-11,17H2,1-2H3;1H/t13?,14-,15+;/m1./s1. The molecule has 0 aliphatic carbocycles. The van der Waals surface area contributed by atoms with Crippen LogP contribution in [0, 0.1) is 5.92 Å². The molecule has 0 spiro atoms. The maximum absolute atomic E-state index is 12.8. The number of amides is 1. The number of hydrogen-bond donors (Lipinski definition) is 1. The number of rotatable bonds is 4. The van der Waals surface area contributed by atoms with E-state index < -0.39 is 0 Å². The molecule has 2 N–H and O–H groups in total. The van der Waals surface area contributed by atoms with Crippen molar-refractivity contribution in [3.05, 3.63) is 0 Å². The van der Waals surface area contributed by atoms with Gasteiger partial charge in [0.1, 0.15) is 6.10 Å². The molecule has 21 heavy (non-hydrogen) atoms. The molecule has 2 heterocycles. The lowest BCUT2D eigenvalue weighted by Gasteiger charge is -2.33. The summed E-state index contributed by atoms with van der Waals surface area (Å²) in [6.45, 7) is 5.91. The number of nitrogens with two attached hydrogens (primary N) is 1. The second kappa shape index (κ2) is 8.96. The fraction of sp³-hybridized carbons (Fsp3) is 0.938. The lowest BCUT2D eigenvalue weighted by molar-refractivity contribution is -0.145. The minimum Gasteiger partial charge on any atom is -0.364 e. The van der Waals surface area contributed by atoms with Crippen LogP contribution in [-0.2, 0) is 9.53 Å². The van der Waals surface area contributed by atoms with Crippen molar-refractivity contribution in [2.24, 2.45) is 11.7 Å². The van der Waals surface area contributed by atoms with Gasteiger partial charge in [0.2, 0.25) is 0 Å². The highest BCUT2D eigenvalue weighted by Crippen LogP contribution is 2.27. The number of ether oxygens (including phenoxy) is 1. The molecule has 1 unspecified atom stereocenters. The third-order valence-electron chi connectivity index (χ3n) is 4.55. The maximum atomic E-state index is 12.8. The fourth-order valence-corrected chi connectivity index (χ4v) is 3.50. The molecule has 0 aromatic heterocycles. The van der Waals surface area contributed by atoms with Gasteiger partial charge in [0.05, 0.1) is 6.10 Å². The zero-order chi connectivity index (χ0) is 14.5. The largest absolute Gasteiger partial charge is 0.364 e. The highest BCUT2D eigenvalue weighted by molar-refractivity contribution is 5.85. The molecule has 0 aromatic rings. The first-order valence-electron chi connectivity index (χ1n) is 8.27. The Morgan fingerprint density at radius 1 is 1.24 bits per heavy atom. The predicted octanol–water partition coefficient (Wildman–Crippen LogP) is 2.73. The van der Waals surface area contributed by atoms with E-state index in [0.717, 1.165) is 38.6 Å². The average molecular weight is 319 g/mol. The van der Waals surface area contributed by atoms with Gasteiger partial charge < -0.3 is 15.4 Å². The Bertz CT molecular complexity index is 325. The van der Waals surface area contributed by atoms with E-state index in [1.807, 2.05) is 0 Å². The zero-order valence-electron chi connectivity index (χ0n) is 13.4. The van der Waals surface area contributed by atoms with Crippen molar-refractivity contribution in [1.82, 2.24) is 4.90 Å². The van der Waals surface area contributed by atoms with Crippen molar-refractivity contribution in [2.45, 2.75) is 77.0 Å². The van der Waals surface area contributed by atoms with Crippen LogP contribution in [0.3, 0.4) is 0 Å². The van der Waals surface area contributed by atoms with Crippen molar-refractivity contribution in [3.8, 4) is 0 Å². The molecule has 2 aliphatic heterocycles. The Kier molecular flexibility index (Phi) is 7.99. The minimum atomic E-state index is -0.240. The Labute approximate surface area is 135 Å². The van der Waals surface area contributed by atoms with Gasteiger partial charge in [0.25, 0.3) is 5.91 Å². The van der Waals surface area contributed by atoms with Crippen LogP contribution in [0.1, 0.15) is 58.8 Å². The number of nitrogens with zero attached hydrogens (tertiary/aromatic N) is 1. The van der Waals surface area contributed by atoms with Gasteiger partial charge in [-0.2, -0.15) is 0 Å². The molecule has 2 rings (SSSR count). The van der Waals surface area contributed by atoms with Gasteiger partial charge in [-0.15, -0.1) is 12.4 Å². The normalized spacial score (nSPS) is 30.1. The van der Waals surface area contributed by atoms with Crippen LogP contribution in [0.15, 0.2) is 0 Å². The summed E-state index contributed by atoms with van der Waals surface area (Å²) in [6, 6.07) is 0.408. The average Bonchev–Trinajstić information content (AvgIpc) is 2.79. The molecule has 4 nitrogen and oxygen atoms in total. The molecule has 5 heteroatoms. The molecule has 0 saturated carbocycles. The Hall–Kier alpha value is -0.320. The molecule has 0 radical (unpaired) electrons. The molecular formula is C16H31ClN2O2. The van der Waals surface area contributed by atoms with E-state index >= 15 is 0 Å². The van der Waals surface area contributed by atoms with E-state index in [1.165, 1.54) is 12.8 Å². The monoisotopic (exact) mass is 318 g/mol. The summed E-state index contributed by atoms with van der Waals surface area (Å²) in [5.41, 5.74) is 5.64. The molecule has 0 bridgehead atoms. The SMILES string of the molecule is CC(C)CC1CCCCCN1C(=O)[C@@H]1CC[C@H](CN)O1.Cl. The molecule has 2 aliphatic rings. The molecule has 2 fully saturated rings. The van der Waals surface area contributed by atoms with Crippen LogP contribution >= 0.6 is 12.4 Å². The summed E-state index contributed by atoms with van der Waals surface area (Å²) in [4.78, 5) is 14.9. The van der Waals surface area contributed by atoms with Gasteiger partial charge in [0.15, 0.2) is 0 Å². The van der Waals surface area contributed by atoms with Crippen molar-refractivity contribution < 1.29 is 9.53 Å². The Morgan fingerprint density at radius 3 is 2.62 bits per heavy atom. The van der Waals surface area contributed by atoms with Crippen LogP contribution in [0.25, 0.3) is 0 Å². The number of carbonyl (C=O) groups excluding carboxylic acids is 1. The second-order valence-corrected chi connectivity index (χ2v) is 6.72. The van der Waals surface area contributed by atoms with Crippen molar-refractivity contribution in [3.63, 3.8) is 0 Å². The summed E-state index contributed by atoms with van der Waals surface area (Å²) in [7, 11) is 0. The first kappa shape index (κ1) is 18.7. The third-order valence-corrected chi connectivity index (χ3v) is 4.55. The quantitative estimate of drug-likeness (QED) is 0.867. The highest BCUT2D eigenvalue weighted by Gasteiger charge is 2.35. The summed E-state index contributed by atoms with van der Waals surface area (Å²) in [5, 5.41) is 0. The van der Waals surface area contributed by atoms with Gasteiger partial charge in [-0.1, -0.05) is 26.7 Å². The number of halogens is 1. The zero-order valence-corrected chi connectivity index (χ0v) is 14.2. The van der Waals surface area contributed by atoms with Crippen LogP contribution in [0.2, 0.25) is 0 Å². The molecule has 2 saturated heterocycles. The number of likely N-dealkylation sites (tertiary alicyclic amines) is 1. The highest BCUT2D eigenvalue weighted by atomic mass is 35.5. The first-order chi connectivity index (χ1) is 9.61. The Morgan fingerprint density at radius 2 is 2.00 bits per heavy atom. The van der Waals surface area contributed by atoms with Crippen LogP contribution in [0.4, 0.5) is 0 Å². The van der Waals surface area contributed by atoms with Crippen LogP contribution in [-0.4, -0.2) is 42.1 Å². The maximum Gasteiger partial charge on any atom is 0.251 e. The molecule has 0 aromatic carbocycles. The van der Waals surface area contributed by atoms with E-state index in [4.69, 9.17) is 10.5 Å². The smallest absolute Gasteiger partial charge is 0.251 e. The van der Waals surface area contributed by atoms with E-state index in [2.05, 4.69) is 18.7 Å². The minimum absolute atomic E-state index is 0. The van der Waals surface area contributed by atoms with Crippen LogP contribution < -0.4 is 5.73 Å². The number of hydrogen-bond acceptors (Lipinski definition) is 3. The summed E-state index contributed by atoms with van der Waals surface area (Å²) in [5.74, 6) is 0.850. The number of carbonyl (C=O) groups is 1. The predicted molar refractivity (Wildman–Crippen MR) is 87.6 cm³/mol. The van der Waals surface area contributed by atoms with Crippen molar-refractivity contribution >= 4 is 18.3 Å². The van der Waals surface area contributed by atoms with Crippen molar-refractivity contribution in [1.29, 1.82) is 0 Å². The van der Waals surface area contributed by atoms with Gasteiger partial charge in [-0.25, -0.2) is 0 Å². The van der Waals surface area contributed by atoms with E-state index in [9.17, 15) is 4.79 Å². The lowest BCUT2D eigenvalue weighted by Crippen LogP contribution is -2.46. The van der Waals surface area contributed by atoms with Gasteiger partial charge in [0, 0.05) is 19.1 Å². The van der Waals surface area contributed by atoms with Gasteiger partial charge >= 0.3 is 0 Å². The lowest BCUT2D eigenvalue weighted by atomic mass is 9.98. The van der Waals surface area contributed by atoms with Crippen molar-refractivity contribution in [2.75, 3.05) is 13.1 Å². The van der Waals surface area contributed by atoms with Gasteiger partial charge in [-0.3, -0.25) is 4.79 Å². The summed E-state index contributed by atoms with van der Waals surface area (Å²) in [6.07, 6.45) is 7.49. The second-order valence-electron chi connectivity index (χ2n) is 6.72. The molecule has 1 amide bonds. The molecule has 3 atom stereocenters. The molecule has 124 valence electrons. The van der Waals surface area contributed by atoms with E-state index in [-0.39, 0.29) is 30.5 Å². The van der Waals surface area contributed by atoms with E-state index in [1.54, 1.807) is 0 Å². The van der Waals surface area contributed by atoms with E-state index in [0.29, 0.717) is 18.5 Å². The Balaban J connectivity index is 0.00000220. The summed E-state index contributed by atoms with van der Waals surface area (Å²) >= 11 is 0. The van der Waals surface area contributed by atoms with Gasteiger partial charge in [-0.05, 0) is 38.0 Å². The first-order valence-corrected chi connectivity index (χ1v) is 8.27.